The van der Waals surface area contributed by atoms with Crippen LogP contribution in [0.15, 0.2) is 12.1 Å². The molecular weight excluding hydrogens is 238 g/mol. The molecule has 0 radical (unpaired) electrons. The summed E-state index contributed by atoms with van der Waals surface area (Å²) < 4.78 is 27.6. The molecule has 2 rings (SSSR count). The molecule has 2 unspecified atom stereocenters. The average molecular weight is 254 g/mol. The van der Waals surface area contributed by atoms with Crippen LogP contribution in [0.1, 0.15) is 18.1 Å². The van der Waals surface area contributed by atoms with Crippen LogP contribution >= 0.6 is 0 Å². The van der Waals surface area contributed by atoms with Gasteiger partial charge in [-0.3, -0.25) is 4.79 Å². The molecule has 1 fully saturated rings. The average Bonchev–Trinajstić information content (AvgIpc) is 2.66. The molecule has 1 aromatic carbocycles. The Bertz CT molecular complexity index is 504. The Balaban J connectivity index is 2.53. The van der Waals surface area contributed by atoms with Crippen molar-refractivity contribution in [1.82, 2.24) is 5.32 Å². The van der Waals surface area contributed by atoms with Crippen LogP contribution in [0.3, 0.4) is 0 Å². The Morgan fingerprint density at radius 3 is 2.72 bits per heavy atom. The summed E-state index contributed by atoms with van der Waals surface area (Å²) in [5.41, 5.74) is 4.99. The van der Waals surface area contributed by atoms with Gasteiger partial charge in [-0.15, -0.1) is 0 Å². The molecule has 0 aliphatic carbocycles. The number of carbonyl (C=O) groups is 1. The van der Waals surface area contributed by atoms with Crippen LogP contribution in [-0.4, -0.2) is 19.0 Å². The van der Waals surface area contributed by atoms with Crippen molar-refractivity contribution in [2.75, 3.05) is 13.1 Å². The Morgan fingerprint density at radius 2 is 2.11 bits per heavy atom. The number of amides is 1. The van der Waals surface area contributed by atoms with Gasteiger partial charge < -0.3 is 11.1 Å². The third-order valence-corrected chi connectivity index (χ3v) is 3.82. The van der Waals surface area contributed by atoms with Crippen molar-refractivity contribution in [2.24, 2.45) is 11.7 Å². The SMILES string of the molecule is Cc1cc(F)c(C2(C)CNCC2C(N)=O)cc1F. The first-order valence-corrected chi connectivity index (χ1v) is 5.82. The molecule has 1 aromatic rings. The predicted molar refractivity (Wildman–Crippen MR) is 64.0 cm³/mol. The second-order valence-corrected chi connectivity index (χ2v) is 5.08. The minimum Gasteiger partial charge on any atom is -0.369 e. The number of benzene rings is 1. The van der Waals surface area contributed by atoms with Crippen molar-refractivity contribution in [2.45, 2.75) is 19.3 Å². The lowest BCUT2D eigenvalue weighted by molar-refractivity contribution is -0.122. The van der Waals surface area contributed by atoms with Gasteiger partial charge in [0.2, 0.25) is 5.91 Å². The minimum absolute atomic E-state index is 0.208. The highest BCUT2D eigenvalue weighted by Gasteiger charge is 2.45. The summed E-state index contributed by atoms with van der Waals surface area (Å²) in [5.74, 6) is -1.99. The van der Waals surface area contributed by atoms with Crippen LogP contribution in [-0.2, 0) is 10.2 Å². The van der Waals surface area contributed by atoms with Gasteiger partial charge in [0.1, 0.15) is 11.6 Å². The molecule has 0 aromatic heterocycles. The quantitative estimate of drug-likeness (QED) is 0.834. The summed E-state index contributed by atoms with van der Waals surface area (Å²) in [5, 5.41) is 3.01. The van der Waals surface area contributed by atoms with Gasteiger partial charge in [-0.1, -0.05) is 6.92 Å². The van der Waals surface area contributed by atoms with E-state index in [0.717, 1.165) is 6.07 Å². The largest absolute Gasteiger partial charge is 0.369 e. The van der Waals surface area contributed by atoms with E-state index >= 15 is 0 Å². The third-order valence-electron chi connectivity index (χ3n) is 3.82. The fourth-order valence-electron chi connectivity index (χ4n) is 2.61. The number of nitrogens with one attached hydrogen (secondary N) is 1. The fraction of sp³-hybridized carbons (Fsp3) is 0.462. The van der Waals surface area contributed by atoms with Gasteiger partial charge in [-0.25, -0.2) is 8.78 Å². The lowest BCUT2D eigenvalue weighted by atomic mass is 9.73. The minimum atomic E-state index is -0.801. The lowest BCUT2D eigenvalue weighted by Crippen LogP contribution is -2.40. The molecule has 1 aliphatic rings. The first-order valence-electron chi connectivity index (χ1n) is 5.82. The first kappa shape index (κ1) is 13.0. The Kier molecular flexibility index (Phi) is 3.11. The van der Waals surface area contributed by atoms with Gasteiger partial charge in [0.25, 0.3) is 0 Å². The number of primary amides is 1. The summed E-state index contributed by atoms with van der Waals surface area (Å²) in [4.78, 5) is 11.4. The summed E-state index contributed by atoms with van der Waals surface area (Å²) in [6.07, 6.45) is 0. The number of hydrogen-bond acceptors (Lipinski definition) is 2. The maximum absolute atomic E-state index is 14.0. The van der Waals surface area contributed by atoms with Crippen LogP contribution in [0.25, 0.3) is 0 Å². The van der Waals surface area contributed by atoms with Crippen molar-refractivity contribution in [1.29, 1.82) is 0 Å². The number of hydrogen-bond donors (Lipinski definition) is 2. The van der Waals surface area contributed by atoms with Crippen LogP contribution < -0.4 is 11.1 Å². The molecule has 3 N–H and O–H groups in total. The van der Waals surface area contributed by atoms with E-state index in [2.05, 4.69) is 5.32 Å². The number of nitrogens with two attached hydrogens (primary N) is 1. The van der Waals surface area contributed by atoms with E-state index < -0.39 is 28.9 Å². The Morgan fingerprint density at radius 1 is 1.44 bits per heavy atom. The molecule has 2 atom stereocenters. The van der Waals surface area contributed by atoms with E-state index in [1.54, 1.807) is 6.92 Å². The number of halogens is 2. The number of rotatable bonds is 2. The topological polar surface area (TPSA) is 55.1 Å². The molecule has 98 valence electrons. The zero-order chi connectivity index (χ0) is 13.5. The van der Waals surface area contributed by atoms with Crippen LogP contribution in [0, 0.1) is 24.5 Å². The number of aryl methyl sites for hydroxylation is 1. The smallest absolute Gasteiger partial charge is 0.222 e. The number of carbonyl (C=O) groups excluding carboxylic acids is 1. The zero-order valence-corrected chi connectivity index (χ0v) is 10.4. The van der Waals surface area contributed by atoms with Gasteiger partial charge in [0.05, 0.1) is 5.92 Å². The van der Waals surface area contributed by atoms with Crippen LogP contribution in [0.5, 0.6) is 0 Å². The van der Waals surface area contributed by atoms with E-state index in [1.807, 2.05) is 0 Å². The molecule has 0 spiro atoms. The third kappa shape index (κ3) is 1.88. The van der Waals surface area contributed by atoms with E-state index in [1.165, 1.54) is 13.0 Å². The second-order valence-electron chi connectivity index (χ2n) is 5.08. The summed E-state index contributed by atoms with van der Waals surface area (Å²) in [6.45, 7) is 4.03. The Hall–Kier alpha value is -1.49. The molecule has 18 heavy (non-hydrogen) atoms. The maximum atomic E-state index is 14.0. The molecular formula is C13H16F2N2O. The molecule has 1 saturated heterocycles. The highest BCUT2D eigenvalue weighted by molar-refractivity contribution is 5.79. The summed E-state index contributed by atoms with van der Waals surface area (Å²) >= 11 is 0. The monoisotopic (exact) mass is 254 g/mol. The molecule has 1 amide bonds. The summed E-state index contributed by atoms with van der Waals surface area (Å²) in [7, 11) is 0. The van der Waals surface area contributed by atoms with E-state index in [-0.39, 0.29) is 11.1 Å². The molecule has 3 nitrogen and oxygen atoms in total. The normalized spacial score (nSPS) is 27.4. The Labute approximate surface area is 104 Å². The van der Waals surface area contributed by atoms with E-state index in [9.17, 15) is 13.6 Å². The molecule has 0 bridgehead atoms. The van der Waals surface area contributed by atoms with Crippen molar-refractivity contribution in [3.63, 3.8) is 0 Å². The molecule has 1 heterocycles. The molecule has 5 heteroatoms. The highest BCUT2D eigenvalue weighted by Crippen LogP contribution is 2.37. The second kappa shape index (κ2) is 4.31. The first-order chi connectivity index (χ1) is 8.36. The van der Waals surface area contributed by atoms with Crippen LogP contribution in [0.4, 0.5) is 8.78 Å². The molecule has 0 saturated carbocycles. The maximum Gasteiger partial charge on any atom is 0.222 e. The van der Waals surface area contributed by atoms with Gasteiger partial charge in [-0.05, 0) is 30.2 Å². The van der Waals surface area contributed by atoms with Crippen LogP contribution in [0.2, 0.25) is 0 Å². The summed E-state index contributed by atoms with van der Waals surface area (Å²) in [6, 6.07) is 2.33. The fourth-order valence-corrected chi connectivity index (χ4v) is 2.61. The van der Waals surface area contributed by atoms with Gasteiger partial charge >= 0.3 is 0 Å². The van der Waals surface area contributed by atoms with Crippen molar-refractivity contribution >= 4 is 5.91 Å². The lowest BCUT2D eigenvalue weighted by Gasteiger charge is -2.29. The standard InChI is InChI=1S/C13H16F2N2O/c1-7-3-11(15)8(4-10(7)14)13(2)6-17-5-9(13)12(16)18/h3-4,9,17H,5-6H2,1-2H3,(H2,16,18). The van der Waals surface area contributed by atoms with E-state index in [4.69, 9.17) is 5.73 Å². The van der Waals surface area contributed by atoms with E-state index in [0.29, 0.717) is 13.1 Å². The highest BCUT2D eigenvalue weighted by atomic mass is 19.1. The predicted octanol–water partition coefficient (Wildman–Crippen LogP) is 1.24. The van der Waals surface area contributed by atoms with Crippen molar-refractivity contribution in [3.05, 3.63) is 34.9 Å². The van der Waals surface area contributed by atoms with Crippen molar-refractivity contribution in [3.8, 4) is 0 Å². The molecule has 1 aliphatic heterocycles. The van der Waals surface area contributed by atoms with Gasteiger partial charge in [0.15, 0.2) is 0 Å². The van der Waals surface area contributed by atoms with Gasteiger partial charge in [-0.2, -0.15) is 0 Å². The van der Waals surface area contributed by atoms with Crippen molar-refractivity contribution < 1.29 is 13.6 Å². The zero-order valence-electron chi connectivity index (χ0n) is 10.4. The van der Waals surface area contributed by atoms with Gasteiger partial charge in [0, 0.05) is 18.5 Å².